The second-order valence-corrected chi connectivity index (χ2v) is 10.6. The summed E-state index contributed by atoms with van der Waals surface area (Å²) >= 11 is 0. The van der Waals surface area contributed by atoms with Gasteiger partial charge >= 0.3 is 11.9 Å². The molecule has 0 amide bonds. The van der Waals surface area contributed by atoms with Gasteiger partial charge in [0, 0.05) is 13.8 Å². The number of carbonyl (C=O) groups is 2. The smallest absolute Gasteiger partial charge is 0.308 e. The van der Waals surface area contributed by atoms with E-state index in [0.29, 0.717) is 35.5 Å². The molecule has 0 heterocycles. The highest BCUT2D eigenvalue weighted by Gasteiger charge is 2.53. The summed E-state index contributed by atoms with van der Waals surface area (Å²) in [4.78, 5) is 22.5. The topological polar surface area (TPSA) is 72.8 Å². The highest BCUT2D eigenvalue weighted by molar-refractivity contribution is 5.70. The molecule has 1 aromatic rings. The van der Waals surface area contributed by atoms with Gasteiger partial charge in [-0.05, 0) is 97.3 Å². The third-order valence-electron chi connectivity index (χ3n) is 8.54. The highest BCUT2D eigenvalue weighted by Crippen LogP contribution is 2.63. The van der Waals surface area contributed by atoms with Crippen LogP contribution in [0.4, 0.5) is 0 Å². The van der Waals surface area contributed by atoms with Gasteiger partial charge in [-0.3, -0.25) is 9.59 Å². The van der Waals surface area contributed by atoms with Gasteiger partial charge in [0.25, 0.3) is 0 Å². The molecule has 1 N–H and O–H groups in total. The van der Waals surface area contributed by atoms with Gasteiger partial charge in [0.15, 0.2) is 11.5 Å². The van der Waals surface area contributed by atoms with Crippen LogP contribution in [-0.2, 0) is 20.7 Å². The normalized spacial score (nSPS) is 30.7. The summed E-state index contributed by atoms with van der Waals surface area (Å²) in [5, 5.41) is 10.5. The number of fused-ring (bicyclic) bond motifs is 5. The first kappa shape index (κ1) is 23.1. The predicted molar refractivity (Wildman–Crippen MR) is 123 cm³/mol. The van der Waals surface area contributed by atoms with Gasteiger partial charge in [-0.1, -0.05) is 26.2 Å². The number of hydrogen-bond donors (Lipinski definition) is 1. The van der Waals surface area contributed by atoms with Gasteiger partial charge in [-0.2, -0.15) is 0 Å². The molecule has 3 aliphatic carbocycles. The fraction of sp³-hybridized carbons (Fsp3) is 0.704. The van der Waals surface area contributed by atoms with Crippen LogP contribution in [0.1, 0.15) is 95.6 Å². The number of ether oxygens (including phenoxy) is 2. The Labute approximate surface area is 191 Å². The van der Waals surface area contributed by atoms with Crippen molar-refractivity contribution in [1.82, 2.24) is 0 Å². The van der Waals surface area contributed by atoms with Crippen molar-refractivity contribution in [3.8, 4) is 11.5 Å². The molecule has 1 aromatic carbocycles. The Morgan fingerprint density at radius 2 is 1.91 bits per heavy atom. The molecule has 5 atom stereocenters. The minimum Gasteiger partial charge on any atom is -0.504 e. The van der Waals surface area contributed by atoms with E-state index in [1.807, 2.05) is 12.1 Å². The van der Waals surface area contributed by atoms with Gasteiger partial charge in [-0.15, -0.1) is 0 Å². The Morgan fingerprint density at radius 1 is 1.09 bits per heavy atom. The summed E-state index contributed by atoms with van der Waals surface area (Å²) in [6.45, 7) is 5.86. The van der Waals surface area contributed by atoms with Crippen molar-refractivity contribution < 1.29 is 24.2 Å². The monoisotopic (exact) mass is 442 g/mol. The fourth-order valence-corrected chi connectivity index (χ4v) is 7.21. The number of benzene rings is 1. The first-order valence-electron chi connectivity index (χ1n) is 12.5. The molecule has 0 aromatic heterocycles. The van der Waals surface area contributed by atoms with Crippen molar-refractivity contribution in [1.29, 1.82) is 0 Å². The minimum absolute atomic E-state index is 0.0686. The highest BCUT2D eigenvalue weighted by atomic mass is 16.5. The molecule has 0 bridgehead atoms. The lowest BCUT2D eigenvalue weighted by Crippen LogP contribution is -2.44. The maximum atomic E-state index is 11.5. The Balaban J connectivity index is 1.55. The number of esters is 2. The van der Waals surface area contributed by atoms with E-state index in [1.54, 1.807) is 0 Å². The minimum atomic E-state index is -0.397. The number of carbonyl (C=O) groups excluding carboxylic acids is 2. The van der Waals surface area contributed by atoms with Crippen molar-refractivity contribution in [2.45, 2.75) is 90.9 Å². The SMILES string of the molecule is CC(=O)OCCCCC[C@@H]1Cc2cc(O)c(OC(C)=O)cc2[C@H]2CC[C@]3(C)CCC[C@H]3[C@H]12. The quantitative estimate of drug-likeness (QED) is 0.323. The predicted octanol–water partition coefficient (Wildman–Crippen LogP) is 5.91. The molecule has 5 heteroatoms. The van der Waals surface area contributed by atoms with Crippen LogP contribution in [0.15, 0.2) is 12.1 Å². The second kappa shape index (κ2) is 9.44. The standard InChI is InChI=1S/C27H38O5/c1-17(28)31-13-6-4-5-8-19-14-20-15-24(30)25(32-18(2)29)16-22(20)21-10-12-27(3)11-7-9-23(27)26(19)21/h15-16,19,21,23,26,30H,4-14H2,1-3H3/t19-,21-,23+,26-,27+/m1/s1. The Kier molecular flexibility index (Phi) is 6.83. The molecule has 0 radical (unpaired) electrons. The van der Waals surface area contributed by atoms with E-state index < -0.39 is 5.97 Å². The number of aromatic hydroxyl groups is 1. The van der Waals surface area contributed by atoms with Crippen LogP contribution in [-0.4, -0.2) is 23.7 Å². The molecule has 0 saturated heterocycles. The first-order chi connectivity index (χ1) is 15.3. The summed E-state index contributed by atoms with van der Waals surface area (Å²) in [7, 11) is 0. The van der Waals surface area contributed by atoms with E-state index in [1.165, 1.54) is 63.5 Å². The molecular formula is C27H38O5. The maximum absolute atomic E-state index is 11.5. The number of hydrogen-bond acceptors (Lipinski definition) is 5. The maximum Gasteiger partial charge on any atom is 0.308 e. The van der Waals surface area contributed by atoms with Crippen LogP contribution in [0.3, 0.4) is 0 Å². The summed E-state index contributed by atoms with van der Waals surface area (Å²) in [6.07, 6.45) is 11.8. The number of rotatable bonds is 7. The zero-order chi connectivity index (χ0) is 22.9. The molecule has 32 heavy (non-hydrogen) atoms. The molecule has 5 nitrogen and oxygen atoms in total. The van der Waals surface area contributed by atoms with Crippen molar-refractivity contribution >= 4 is 11.9 Å². The van der Waals surface area contributed by atoms with E-state index >= 15 is 0 Å². The van der Waals surface area contributed by atoms with E-state index in [0.717, 1.165) is 31.6 Å². The third-order valence-corrected chi connectivity index (χ3v) is 8.54. The van der Waals surface area contributed by atoms with Crippen LogP contribution >= 0.6 is 0 Å². The van der Waals surface area contributed by atoms with E-state index in [2.05, 4.69) is 6.92 Å². The van der Waals surface area contributed by atoms with Gasteiger partial charge in [-0.25, -0.2) is 0 Å². The first-order valence-corrected chi connectivity index (χ1v) is 12.5. The van der Waals surface area contributed by atoms with Crippen LogP contribution in [0.25, 0.3) is 0 Å². The molecular weight excluding hydrogens is 404 g/mol. The van der Waals surface area contributed by atoms with Crippen molar-refractivity contribution in [2.24, 2.45) is 23.2 Å². The van der Waals surface area contributed by atoms with E-state index in [4.69, 9.17) is 9.47 Å². The molecule has 3 aliphatic rings. The molecule has 0 aliphatic heterocycles. The summed E-state index contributed by atoms with van der Waals surface area (Å²) in [6, 6.07) is 3.80. The zero-order valence-electron chi connectivity index (χ0n) is 19.8. The average Bonchev–Trinajstić information content (AvgIpc) is 3.12. The Morgan fingerprint density at radius 3 is 2.66 bits per heavy atom. The van der Waals surface area contributed by atoms with Gasteiger partial charge in [0.1, 0.15) is 0 Å². The lowest BCUT2D eigenvalue weighted by molar-refractivity contribution is -0.141. The van der Waals surface area contributed by atoms with Crippen LogP contribution in [0.5, 0.6) is 11.5 Å². The van der Waals surface area contributed by atoms with Crippen LogP contribution in [0.2, 0.25) is 0 Å². The third kappa shape index (κ3) is 4.67. The van der Waals surface area contributed by atoms with E-state index in [9.17, 15) is 14.7 Å². The van der Waals surface area contributed by atoms with Gasteiger partial charge in [0.2, 0.25) is 0 Å². The van der Waals surface area contributed by atoms with Gasteiger partial charge in [0.05, 0.1) is 6.61 Å². The summed E-state index contributed by atoms with van der Waals surface area (Å²) in [5.41, 5.74) is 2.98. The fourth-order valence-electron chi connectivity index (χ4n) is 7.21. The molecule has 2 fully saturated rings. The van der Waals surface area contributed by atoms with Crippen LogP contribution < -0.4 is 4.74 Å². The molecule has 0 unspecified atom stereocenters. The Hall–Kier alpha value is -2.04. The number of unbranched alkanes of at least 4 members (excludes halogenated alkanes) is 2. The summed E-state index contributed by atoms with van der Waals surface area (Å²) < 4.78 is 10.4. The lowest BCUT2D eigenvalue weighted by Gasteiger charge is -2.52. The largest absolute Gasteiger partial charge is 0.504 e. The summed E-state index contributed by atoms with van der Waals surface area (Å²) in [5.74, 6) is 2.29. The van der Waals surface area contributed by atoms with Crippen molar-refractivity contribution in [3.05, 3.63) is 23.3 Å². The Bertz CT molecular complexity index is 862. The second-order valence-electron chi connectivity index (χ2n) is 10.6. The van der Waals surface area contributed by atoms with Crippen molar-refractivity contribution in [3.63, 3.8) is 0 Å². The van der Waals surface area contributed by atoms with Crippen LogP contribution in [0, 0.1) is 23.2 Å². The number of phenols is 1. The average molecular weight is 443 g/mol. The van der Waals surface area contributed by atoms with Crippen molar-refractivity contribution in [2.75, 3.05) is 6.61 Å². The van der Waals surface area contributed by atoms with E-state index in [-0.39, 0.29) is 11.7 Å². The van der Waals surface area contributed by atoms with Gasteiger partial charge < -0.3 is 14.6 Å². The molecule has 4 rings (SSSR count). The molecule has 0 spiro atoms. The molecule has 176 valence electrons. The lowest BCUT2D eigenvalue weighted by atomic mass is 9.52. The zero-order valence-corrected chi connectivity index (χ0v) is 19.8. The number of phenolic OH excluding ortho intramolecular Hbond substituents is 1. The molecule has 2 saturated carbocycles.